The van der Waals surface area contributed by atoms with Gasteiger partial charge in [-0.05, 0) is 19.4 Å². The van der Waals surface area contributed by atoms with E-state index in [1.54, 1.807) is 11.8 Å². The van der Waals surface area contributed by atoms with Gasteiger partial charge in [-0.3, -0.25) is 9.59 Å². The highest BCUT2D eigenvalue weighted by atomic mass is 16.4. The van der Waals surface area contributed by atoms with Gasteiger partial charge in [-0.1, -0.05) is 30.3 Å². The molecule has 0 saturated carbocycles. The van der Waals surface area contributed by atoms with E-state index in [9.17, 15) is 14.7 Å². The first kappa shape index (κ1) is 12.6. The fourth-order valence-corrected chi connectivity index (χ4v) is 2.36. The van der Waals surface area contributed by atoms with E-state index in [4.69, 9.17) is 0 Å². The van der Waals surface area contributed by atoms with Gasteiger partial charge < -0.3 is 10.0 Å². The predicted molar refractivity (Wildman–Crippen MR) is 66.9 cm³/mol. The molecule has 96 valence electrons. The number of nitrogens with zero attached hydrogens (tertiary/aromatic N) is 1. The van der Waals surface area contributed by atoms with Crippen LogP contribution in [0.25, 0.3) is 0 Å². The van der Waals surface area contributed by atoms with Gasteiger partial charge in [0, 0.05) is 13.0 Å². The molecule has 0 radical (unpaired) electrons. The van der Waals surface area contributed by atoms with Crippen molar-refractivity contribution in [3.63, 3.8) is 0 Å². The molecule has 2 atom stereocenters. The molecule has 1 aromatic carbocycles. The topological polar surface area (TPSA) is 57.6 Å². The average molecular weight is 247 g/mol. The quantitative estimate of drug-likeness (QED) is 0.889. The second-order valence-corrected chi connectivity index (χ2v) is 5.15. The molecule has 2 rings (SSSR count). The number of aliphatic carboxylic acids is 1. The number of carboxylic acid groups (broad SMARTS) is 1. The van der Waals surface area contributed by atoms with E-state index in [0.717, 1.165) is 5.56 Å². The fourth-order valence-electron chi connectivity index (χ4n) is 2.36. The normalized spacial score (nSPS) is 25.2. The van der Waals surface area contributed by atoms with Crippen LogP contribution in [-0.2, 0) is 9.59 Å². The number of rotatable bonds is 3. The van der Waals surface area contributed by atoms with Crippen LogP contribution in [0.3, 0.4) is 0 Å². The Morgan fingerprint density at radius 2 is 2.00 bits per heavy atom. The minimum atomic E-state index is -0.958. The molecule has 0 aromatic heterocycles. The molecule has 1 N–H and O–H groups in total. The minimum Gasteiger partial charge on any atom is -0.481 e. The standard InChI is InChI=1S/C14H17NO3/c1-10(11-6-4-3-5-7-11)15-9-14(2,13(17)18)8-12(15)16/h3-7,10H,8-9H2,1-2H3,(H,17,18)/t10-,14-/m1/s1. The number of carboxylic acids is 1. The van der Waals surface area contributed by atoms with Gasteiger partial charge in [0.25, 0.3) is 0 Å². The van der Waals surface area contributed by atoms with Crippen molar-refractivity contribution in [2.75, 3.05) is 6.54 Å². The summed E-state index contributed by atoms with van der Waals surface area (Å²) in [5, 5.41) is 9.18. The van der Waals surface area contributed by atoms with Crippen LogP contribution in [0.5, 0.6) is 0 Å². The van der Waals surface area contributed by atoms with E-state index in [1.807, 2.05) is 37.3 Å². The van der Waals surface area contributed by atoms with Crippen molar-refractivity contribution in [3.05, 3.63) is 35.9 Å². The molecule has 0 unspecified atom stereocenters. The highest BCUT2D eigenvalue weighted by Gasteiger charge is 2.46. The number of benzene rings is 1. The monoisotopic (exact) mass is 247 g/mol. The summed E-state index contributed by atoms with van der Waals surface area (Å²) in [4.78, 5) is 24.8. The Bertz CT molecular complexity index is 471. The zero-order chi connectivity index (χ0) is 13.3. The first-order valence-electron chi connectivity index (χ1n) is 6.02. The van der Waals surface area contributed by atoms with E-state index in [1.165, 1.54) is 0 Å². The first-order valence-corrected chi connectivity index (χ1v) is 6.02. The SMILES string of the molecule is C[C@H](c1ccccc1)N1C[C@](C)(C(=O)O)CC1=O. The Balaban J connectivity index is 2.21. The maximum atomic E-state index is 12.0. The highest BCUT2D eigenvalue weighted by molar-refractivity contribution is 5.89. The molecule has 0 spiro atoms. The highest BCUT2D eigenvalue weighted by Crippen LogP contribution is 2.36. The Labute approximate surface area is 106 Å². The molecule has 1 fully saturated rings. The van der Waals surface area contributed by atoms with Crippen molar-refractivity contribution < 1.29 is 14.7 Å². The van der Waals surface area contributed by atoms with Crippen molar-refractivity contribution in [3.8, 4) is 0 Å². The van der Waals surface area contributed by atoms with Gasteiger partial charge in [0.1, 0.15) is 0 Å². The van der Waals surface area contributed by atoms with Crippen LogP contribution < -0.4 is 0 Å². The van der Waals surface area contributed by atoms with Crippen LogP contribution in [0.4, 0.5) is 0 Å². The summed E-state index contributed by atoms with van der Waals surface area (Å²) >= 11 is 0. The van der Waals surface area contributed by atoms with E-state index in [2.05, 4.69) is 0 Å². The molecule has 1 aliphatic heterocycles. The summed E-state index contributed by atoms with van der Waals surface area (Å²) in [6, 6.07) is 9.58. The third kappa shape index (κ3) is 2.10. The Morgan fingerprint density at radius 1 is 1.39 bits per heavy atom. The lowest BCUT2D eigenvalue weighted by Crippen LogP contribution is -2.33. The zero-order valence-electron chi connectivity index (χ0n) is 10.6. The predicted octanol–water partition coefficient (Wildman–Crippen LogP) is 2.07. The number of carbonyl (C=O) groups is 2. The third-order valence-electron chi connectivity index (χ3n) is 3.65. The molecule has 1 saturated heterocycles. The van der Waals surface area contributed by atoms with Gasteiger partial charge in [-0.2, -0.15) is 0 Å². The lowest BCUT2D eigenvalue weighted by molar-refractivity contribution is -0.147. The van der Waals surface area contributed by atoms with Gasteiger partial charge in [-0.25, -0.2) is 0 Å². The summed E-state index contributed by atoms with van der Waals surface area (Å²) < 4.78 is 0. The van der Waals surface area contributed by atoms with Gasteiger partial charge in [-0.15, -0.1) is 0 Å². The van der Waals surface area contributed by atoms with Crippen molar-refractivity contribution >= 4 is 11.9 Å². The Kier molecular flexibility index (Phi) is 3.11. The maximum Gasteiger partial charge on any atom is 0.311 e. The van der Waals surface area contributed by atoms with Gasteiger partial charge in [0.2, 0.25) is 5.91 Å². The second-order valence-electron chi connectivity index (χ2n) is 5.15. The fraction of sp³-hybridized carbons (Fsp3) is 0.429. The van der Waals surface area contributed by atoms with E-state index >= 15 is 0 Å². The average Bonchev–Trinajstić information content (AvgIpc) is 2.66. The number of likely N-dealkylation sites (tertiary alicyclic amines) is 1. The van der Waals surface area contributed by atoms with Crippen LogP contribution >= 0.6 is 0 Å². The van der Waals surface area contributed by atoms with E-state index in [0.29, 0.717) is 0 Å². The van der Waals surface area contributed by atoms with Crippen LogP contribution in [0.1, 0.15) is 31.9 Å². The number of amides is 1. The molecule has 1 amide bonds. The van der Waals surface area contributed by atoms with Crippen LogP contribution in [0.15, 0.2) is 30.3 Å². The molecule has 18 heavy (non-hydrogen) atoms. The smallest absolute Gasteiger partial charge is 0.311 e. The second kappa shape index (κ2) is 4.44. The lowest BCUT2D eigenvalue weighted by atomic mass is 9.90. The molecular weight excluding hydrogens is 230 g/mol. The minimum absolute atomic E-state index is 0.0828. The molecule has 0 bridgehead atoms. The molecule has 1 aliphatic rings. The molecule has 0 aliphatic carbocycles. The van der Waals surface area contributed by atoms with E-state index < -0.39 is 11.4 Å². The van der Waals surface area contributed by atoms with Crippen molar-refractivity contribution in [1.29, 1.82) is 0 Å². The molecule has 1 aromatic rings. The van der Waals surface area contributed by atoms with Crippen molar-refractivity contribution in [2.45, 2.75) is 26.3 Å². The van der Waals surface area contributed by atoms with Crippen LogP contribution in [0, 0.1) is 5.41 Å². The molecule has 1 heterocycles. The molecule has 4 heteroatoms. The Morgan fingerprint density at radius 3 is 2.50 bits per heavy atom. The van der Waals surface area contributed by atoms with E-state index in [-0.39, 0.29) is 24.9 Å². The number of carbonyl (C=O) groups excluding carboxylic acids is 1. The molecular formula is C14H17NO3. The zero-order valence-corrected chi connectivity index (χ0v) is 10.6. The lowest BCUT2D eigenvalue weighted by Gasteiger charge is -2.26. The van der Waals surface area contributed by atoms with Gasteiger partial charge in [0.15, 0.2) is 0 Å². The van der Waals surface area contributed by atoms with Crippen molar-refractivity contribution in [1.82, 2.24) is 4.90 Å². The van der Waals surface area contributed by atoms with Gasteiger partial charge in [0.05, 0.1) is 11.5 Å². The summed E-state index contributed by atoms with van der Waals surface area (Å²) in [6.07, 6.45) is 0.0828. The number of hydrogen-bond donors (Lipinski definition) is 1. The summed E-state index contributed by atoms with van der Waals surface area (Å²) in [6.45, 7) is 3.84. The Hall–Kier alpha value is -1.84. The largest absolute Gasteiger partial charge is 0.481 e. The van der Waals surface area contributed by atoms with Crippen molar-refractivity contribution in [2.24, 2.45) is 5.41 Å². The third-order valence-corrected chi connectivity index (χ3v) is 3.65. The summed E-state index contributed by atoms with van der Waals surface area (Å²) in [7, 11) is 0. The molecule has 4 nitrogen and oxygen atoms in total. The van der Waals surface area contributed by atoms with Crippen LogP contribution in [0.2, 0.25) is 0 Å². The summed E-state index contributed by atoms with van der Waals surface area (Å²) in [5.41, 5.74) is 0.0700. The van der Waals surface area contributed by atoms with Crippen LogP contribution in [-0.4, -0.2) is 28.4 Å². The van der Waals surface area contributed by atoms with Gasteiger partial charge >= 0.3 is 5.97 Å². The summed E-state index contributed by atoms with van der Waals surface area (Å²) in [5.74, 6) is -0.991. The maximum absolute atomic E-state index is 12.0. The number of hydrogen-bond acceptors (Lipinski definition) is 2. The first-order chi connectivity index (χ1) is 8.44.